The number of nitrogens with zero attached hydrogens (tertiary/aromatic N) is 2. The molecule has 106 valence electrons. The summed E-state index contributed by atoms with van der Waals surface area (Å²) in [7, 11) is 2.03. The Balaban J connectivity index is 2.32. The van der Waals surface area contributed by atoms with Crippen molar-refractivity contribution in [3.8, 4) is 0 Å². The van der Waals surface area contributed by atoms with Gasteiger partial charge in [-0.2, -0.15) is 13.2 Å². The minimum Gasteiger partial charge on any atom is -0.366 e. The maximum absolute atomic E-state index is 12.8. The van der Waals surface area contributed by atoms with Crippen molar-refractivity contribution < 1.29 is 13.2 Å². The first-order valence-electron chi connectivity index (χ1n) is 6.41. The molecule has 2 rings (SSSR count). The molecule has 1 atom stereocenters. The molecule has 0 saturated carbocycles. The maximum atomic E-state index is 12.8. The van der Waals surface area contributed by atoms with Gasteiger partial charge in [0.2, 0.25) is 0 Å². The number of benzene rings is 1. The minimum absolute atomic E-state index is 0.224. The quantitative estimate of drug-likeness (QED) is 0.775. The smallest absolute Gasteiger partial charge is 0.366 e. The largest absolute Gasteiger partial charge is 0.416 e. The van der Waals surface area contributed by atoms with Gasteiger partial charge in [-0.3, -0.25) is 0 Å². The summed E-state index contributed by atoms with van der Waals surface area (Å²) in [6.45, 7) is 6.26. The van der Waals surface area contributed by atoms with Crippen LogP contribution in [0.3, 0.4) is 0 Å². The summed E-state index contributed by atoms with van der Waals surface area (Å²) in [5.41, 5.74) is 0.762. The number of rotatable bonds is 1. The van der Waals surface area contributed by atoms with Gasteiger partial charge in [0.1, 0.15) is 0 Å². The Kier molecular flexibility index (Phi) is 3.76. The molecule has 19 heavy (non-hydrogen) atoms. The molecule has 1 aromatic rings. The van der Waals surface area contributed by atoms with Crippen LogP contribution in [0.5, 0.6) is 0 Å². The molecule has 2 nitrogen and oxygen atoms in total. The van der Waals surface area contributed by atoms with E-state index in [4.69, 9.17) is 0 Å². The molecule has 0 bridgehead atoms. The van der Waals surface area contributed by atoms with Gasteiger partial charge >= 0.3 is 6.18 Å². The monoisotopic (exact) mass is 272 g/mol. The van der Waals surface area contributed by atoms with E-state index in [1.807, 2.05) is 20.0 Å². The van der Waals surface area contributed by atoms with E-state index in [9.17, 15) is 13.2 Å². The molecule has 0 aromatic heterocycles. The molecule has 1 aliphatic heterocycles. The van der Waals surface area contributed by atoms with E-state index in [-0.39, 0.29) is 6.04 Å². The van der Waals surface area contributed by atoms with Crippen LogP contribution in [0.25, 0.3) is 0 Å². The fourth-order valence-electron chi connectivity index (χ4n) is 2.62. The predicted octanol–water partition coefficient (Wildman–Crippen LogP) is 3.15. The second-order valence-electron chi connectivity index (χ2n) is 5.36. The SMILES string of the molecule is Cc1cc(N2CCN(C)C[C@@H]2C)cc(C(F)(F)F)c1. The van der Waals surface area contributed by atoms with Crippen molar-refractivity contribution >= 4 is 5.69 Å². The van der Waals surface area contributed by atoms with Crippen LogP contribution in [0.2, 0.25) is 0 Å². The lowest BCUT2D eigenvalue weighted by Crippen LogP contribution is -2.50. The molecule has 0 unspecified atom stereocenters. The van der Waals surface area contributed by atoms with Gasteiger partial charge in [-0.25, -0.2) is 0 Å². The number of alkyl halides is 3. The van der Waals surface area contributed by atoms with Crippen molar-refractivity contribution in [3.63, 3.8) is 0 Å². The highest BCUT2D eigenvalue weighted by molar-refractivity contribution is 5.53. The van der Waals surface area contributed by atoms with E-state index in [0.717, 1.165) is 19.6 Å². The zero-order valence-electron chi connectivity index (χ0n) is 11.5. The van der Waals surface area contributed by atoms with Gasteiger partial charge in [-0.05, 0) is 44.7 Å². The molecule has 0 aliphatic carbocycles. The fourth-order valence-corrected chi connectivity index (χ4v) is 2.62. The van der Waals surface area contributed by atoms with E-state index in [2.05, 4.69) is 9.80 Å². The summed E-state index contributed by atoms with van der Waals surface area (Å²) in [6, 6.07) is 4.51. The minimum atomic E-state index is -4.28. The van der Waals surface area contributed by atoms with E-state index < -0.39 is 11.7 Å². The van der Waals surface area contributed by atoms with E-state index in [0.29, 0.717) is 11.3 Å². The van der Waals surface area contributed by atoms with Crippen molar-refractivity contribution in [1.82, 2.24) is 4.90 Å². The Morgan fingerprint density at radius 3 is 2.42 bits per heavy atom. The second-order valence-corrected chi connectivity index (χ2v) is 5.36. The van der Waals surface area contributed by atoms with Crippen LogP contribution in [0.1, 0.15) is 18.1 Å². The number of hydrogen-bond acceptors (Lipinski definition) is 2. The number of piperazine rings is 1. The summed E-state index contributed by atoms with van der Waals surface area (Å²) < 4.78 is 38.5. The molecule has 0 N–H and O–H groups in total. The average molecular weight is 272 g/mol. The van der Waals surface area contributed by atoms with Gasteiger partial charge in [0.05, 0.1) is 5.56 Å². The molecule has 1 saturated heterocycles. The third-order valence-electron chi connectivity index (χ3n) is 3.55. The Labute approximate surface area is 111 Å². The predicted molar refractivity (Wildman–Crippen MR) is 70.5 cm³/mol. The van der Waals surface area contributed by atoms with Crippen LogP contribution < -0.4 is 4.90 Å². The molecule has 0 amide bonds. The molecular formula is C14H19F3N2. The summed E-state index contributed by atoms with van der Waals surface area (Å²) in [5, 5.41) is 0. The molecule has 5 heteroatoms. The topological polar surface area (TPSA) is 6.48 Å². The second kappa shape index (κ2) is 5.04. The number of anilines is 1. The summed E-state index contributed by atoms with van der Waals surface area (Å²) in [5.74, 6) is 0. The van der Waals surface area contributed by atoms with Crippen molar-refractivity contribution in [1.29, 1.82) is 0 Å². The van der Waals surface area contributed by atoms with Gasteiger partial charge in [0, 0.05) is 31.4 Å². The molecule has 1 aliphatic rings. The Bertz CT molecular complexity index is 456. The van der Waals surface area contributed by atoms with E-state index in [1.54, 1.807) is 6.92 Å². The van der Waals surface area contributed by atoms with E-state index >= 15 is 0 Å². The van der Waals surface area contributed by atoms with Crippen LogP contribution in [-0.4, -0.2) is 37.6 Å². The average Bonchev–Trinajstić information content (AvgIpc) is 2.26. The number of aryl methyl sites for hydroxylation is 1. The Hall–Kier alpha value is -1.23. The Morgan fingerprint density at radius 2 is 1.84 bits per heavy atom. The highest BCUT2D eigenvalue weighted by Crippen LogP contribution is 2.33. The van der Waals surface area contributed by atoms with Gasteiger partial charge in [-0.1, -0.05) is 0 Å². The molecule has 1 fully saturated rings. The lowest BCUT2D eigenvalue weighted by atomic mass is 10.1. The maximum Gasteiger partial charge on any atom is 0.416 e. The Morgan fingerprint density at radius 1 is 1.16 bits per heavy atom. The summed E-state index contributed by atoms with van der Waals surface area (Å²) in [4.78, 5) is 4.25. The van der Waals surface area contributed by atoms with Gasteiger partial charge in [0.25, 0.3) is 0 Å². The highest BCUT2D eigenvalue weighted by atomic mass is 19.4. The first-order valence-corrected chi connectivity index (χ1v) is 6.41. The van der Waals surface area contributed by atoms with Crippen molar-refractivity contribution in [2.45, 2.75) is 26.1 Å². The van der Waals surface area contributed by atoms with Crippen molar-refractivity contribution in [3.05, 3.63) is 29.3 Å². The standard InChI is InChI=1S/C14H19F3N2/c1-10-6-12(14(15,16)17)8-13(7-10)19-5-4-18(3)9-11(19)2/h6-8,11H,4-5,9H2,1-3H3/t11-/m0/s1. The third kappa shape index (κ3) is 3.21. The first kappa shape index (κ1) is 14.2. The lowest BCUT2D eigenvalue weighted by molar-refractivity contribution is -0.137. The van der Waals surface area contributed by atoms with Gasteiger partial charge < -0.3 is 9.80 Å². The zero-order valence-corrected chi connectivity index (χ0v) is 11.5. The zero-order chi connectivity index (χ0) is 14.2. The molecule has 1 heterocycles. The first-order chi connectivity index (χ1) is 8.77. The van der Waals surface area contributed by atoms with Crippen LogP contribution in [-0.2, 0) is 6.18 Å². The summed E-state index contributed by atoms with van der Waals surface area (Å²) in [6.07, 6.45) is -4.28. The van der Waals surface area contributed by atoms with Gasteiger partial charge in [0.15, 0.2) is 0 Å². The molecule has 0 spiro atoms. The van der Waals surface area contributed by atoms with Crippen LogP contribution in [0.15, 0.2) is 18.2 Å². The lowest BCUT2D eigenvalue weighted by Gasteiger charge is -2.40. The normalized spacial score (nSPS) is 21.8. The third-order valence-corrected chi connectivity index (χ3v) is 3.55. The molecular weight excluding hydrogens is 253 g/mol. The fraction of sp³-hybridized carbons (Fsp3) is 0.571. The van der Waals surface area contributed by atoms with Crippen molar-refractivity contribution in [2.24, 2.45) is 0 Å². The van der Waals surface area contributed by atoms with Crippen LogP contribution in [0.4, 0.5) is 18.9 Å². The number of hydrogen-bond donors (Lipinski definition) is 0. The van der Waals surface area contributed by atoms with E-state index in [1.165, 1.54) is 12.1 Å². The highest BCUT2D eigenvalue weighted by Gasteiger charge is 2.32. The molecule has 0 radical (unpaired) electrons. The number of halogens is 3. The van der Waals surface area contributed by atoms with Gasteiger partial charge in [-0.15, -0.1) is 0 Å². The summed E-state index contributed by atoms with van der Waals surface area (Å²) >= 11 is 0. The van der Waals surface area contributed by atoms with Crippen LogP contribution in [0, 0.1) is 6.92 Å². The van der Waals surface area contributed by atoms with Crippen LogP contribution >= 0.6 is 0 Å². The van der Waals surface area contributed by atoms with Crippen molar-refractivity contribution in [2.75, 3.05) is 31.6 Å². The number of likely N-dealkylation sites (N-methyl/N-ethyl adjacent to an activating group) is 1. The molecule has 1 aromatic carbocycles.